The first-order chi connectivity index (χ1) is 19.1. The third kappa shape index (κ3) is 7.18. The molecule has 214 valence electrons. The van der Waals surface area contributed by atoms with Gasteiger partial charge in [-0.1, -0.05) is 49.7 Å². The topological polar surface area (TPSA) is 114 Å². The Morgan fingerprint density at radius 3 is 2.48 bits per heavy atom. The summed E-state index contributed by atoms with van der Waals surface area (Å²) in [5, 5.41) is 8.64. The molecule has 0 spiro atoms. The summed E-state index contributed by atoms with van der Waals surface area (Å²) < 4.78 is 19.7. The third-order valence-electron chi connectivity index (χ3n) is 7.60. The lowest BCUT2D eigenvalue weighted by atomic mass is 9.86. The molecular weight excluding hydrogens is 537 g/mol. The van der Waals surface area contributed by atoms with Gasteiger partial charge in [0.15, 0.2) is 0 Å². The van der Waals surface area contributed by atoms with E-state index in [1.54, 1.807) is 18.2 Å². The highest BCUT2D eigenvalue weighted by Gasteiger charge is 2.53. The SMILES string of the molecule is CC(C)CC(NC(=O)OC(c1ccc(F)cc1)C1(c2cccc(Cl)c2)CC1)C(=O)NC(C=O)CC1CCNC1=O. The van der Waals surface area contributed by atoms with Crippen LogP contribution in [0.1, 0.15) is 63.2 Å². The van der Waals surface area contributed by atoms with Gasteiger partial charge < -0.3 is 25.5 Å². The van der Waals surface area contributed by atoms with Crippen LogP contribution in [0.4, 0.5) is 9.18 Å². The molecule has 2 aromatic rings. The number of aldehydes is 1. The van der Waals surface area contributed by atoms with Crippen molar-refractivity contribution in [1.29, 1.82) is 0 Å². The molecule has 4 rings (SSSR count). The molecule has 8 nitrogen and oxygen atoms in total. The average molecular weight is 572 g/mol. The molecular formula is C30H35ClFN3O5. The standard InChI is InChI=1S/C30H35ClFN3O5/c1-18(2)14-25(28(38)34-24(17-36)15-20-10-13-33-27(20)37)35-29(39)40-26(19-6-8-23(32)9-7-19)30(11-12-30)21-4-3-5-22(31)16-21/h3-9,16-18,20,24-26H,10-15H2,1-2H3,(H,33,37)(H,34,38)(H,35,39). The van der Waals surface area contributed by atoms with Gasteiger partial charge in [-0.3, -0.25) is 9.59 Å². The van der Waals surface area contributed by atoms with E-state index in [9.17, 15) is 23.6 Å². The fourth-order valence-electron chi connectivity index (χ4n) is 5.37. The van der Waals surface area contributed by atoms with Gasteiger partial charge >= 0.3 is 6.09 Å². The van der Waals surface area contributed by atoms with Gasteiger partial charge in [0.1, 0.15) is 24.2 Å². The van der Waals surface area contributed by atoms with E-state index in [-0.39, 0.29) is 24.2 Å². The van der Waals surface area contributed by atoms with Crippen LogP contribution in [0.3, 0.4) is 0 Å². The monoisotopic (exact) mass is 571 g/mol. The normalized spacial score (nSPS) is 19.7. The zero-order valence-electron chi connectivity index (χ0n) is 22.6. The Balaban J connectivity index is 1.50. The maximum absolute atomic E-state index is 13.7. The highest BCUT2D eigenvalue weighted by molar-refractivity contribution is 6.30. The van der Waals surface area contributed by atoms with E-state index in [1.807, 2.05) is 32.0 Å². The molecule has 1 saturated carbocycles. The van der Waals surface area contributed by atoms with Crippen molar-refractivity contribution in [2.75, 3.05) is 6.54 Å². The average Bonchev–Trinajstić information content (AvgIpc) is 3.63. The first kappa shape index (κ1) is 29.5. The lowest BCUT2D eigenvalue weighted by Crippen LogP contribution is -2.51. The zero-order valence-corrected chi connectivity index (χ0v) is 23.4. The van der Waals surface area contributed by atoms with Gasteiger partial charge in [0.25, 0.3) is 0 Å². The maximum Gasteiger partial charge on any atom is 0.408 e. The Labute approximate surface area is 238 Å². The molecule has 3 amide bonds. The second-order valence-electron chi connectivity index (χ2n) is 11.1. The van der Waals surface area contributed by atoms with Crippen molar-refractivity contribution >= 4 is 35.8 Å². The summed E-state index contributed by atoms with van der Waals surface area (Å²) in [4.78, 5) is 50.2. The molecule has 0 bridgehead atoms. The van der Waals surface area contributed by atoms with Crippen molar-refractivity contribution in [1.82, 2.24) is 16.0 Å². The Hall–Kier alpha value is -3.46. The number of ether oxygens (including phenoxy) is 1. The van der Waals surface area contributed by atoms with E-state index < -0.39 is 41.4 Å². The van der Waals surface area contributed by atoms with Crippen LogP contribution in [-0.2, 0) is 24.5 Å². The number of alkyl carbamates (subject to hydrolysis) is 1. The summed E-state index contributed by atoms with van der Waals surface area (Å²) >= 11 is 6.26. The molecule has 2 aliphatic rings. The molecule has 1 heterocycles. The molecule has 2 fully saturated rings. The van der Waals surface area contributed by atoms with E-state index >= 15 is 0 Å². The van der Waals surface area contributed by atoms with E-state index in [2.05, 4.69) is 16.0 Å². The molecule has 10 heteroatoms. The van der Waals surface area contributed by atoms with Crippen LogP contribution in [0.2, 0.25) is 5.02 Å². The molecule has 1 saturated heterocycles. The van der Waals surface area contributed by atoms with Crippen molar-refractivity contribution in [2.24, 2.45) is 11.8 Å². The summed E-state index contributed by atoms with van der Waals surface area (Å²) in [5.41, 5.74) is 0.985. The molecule has 4 atom stereocenters. The molecule has 1 aliphatic carbocycles. The molecule has 3 N–H and O–H groups in total. The van der Waals surface area contributed by atoms with Crippen LogP contribution >= 0.6 is 11.6 Å². The summed E-state index contributed by atoms with van der Waals surface area (Å²) in [6, 6.07) is 11.3. The third-order valence-corrected chi connectivity index (χ3v) is 7.83. The predicted octanol–water partition coefficient (Wildman–Crippen LogP) is 4.60. The van der Waals surface area contributed by atoms with E-state index in [4.69, 9.17) is 16.3 Å². The van der Waals surface area contributed by atoms with Crippen LogP contribution in [0.5, 0.6) is 0 Å². The minimum Gasteiger partial charge on any atom is -0.440 e. The van der Waals surface area contributed by atoms with Crippen molar-refractivity contribution in [3.63, 3.8) is 0 Å². The number of carbonyl (C=O) groups excluding carboxylic acids is 4. The number of benzene rings is 2. The summed E-state index contributed by atoms with van der Waals surface area (Å²) in [7, 11) is 0. The number of amides is 3. The maximum atomic E-state index is 13.7. The molecule has 2 aromatic carbocycles. The van der Waals surface area contributed by atoms with Gasteiger partial charge in [0, 0.05) is 22.9 Å². The molecule has 0 aromatic heterocycles. The molecule has 1 aliphatic heterocycles. The number of rotatable bonds is 12. The minimum atomic E-state index is -0.970. The lowest BCUT2D eigenvalue weighted by molar-refractivity contribution is -0.127. The largest absolute Gasteiger partial charge is 0.440 e. The number of nitrogens with one attached hydrogen (secondary N) is 3. The van der Waals surface area contributed by atoms with Crippen molar-refractivity contribution < 1.29 is 28.3 Å². The fourth-order valence-corrected chi connectivity index (χ4v) is 5.56. The van der Waals surface area contributed by atoms with Crippen LogP contribution in [0.25, 0.3) is 0 Å². The summed E-state index contributed by atoms with van der Waals surface area (Å²) in [6.07, 6.45) is 1.60. The number of carbonyl (C=O) groups is 4. The van der Waals surface area contributed by atoms with Gasteiger partial charge in [-0.2, -0.15) is 0 Å². The molecule has 40 heavy (non-hydrogen) atoms. The first-order valence-electron chi connectivity index (χ1n) is 13.6. The van der Waals surface area contributed by atoms with Crippen molar-refractivity contribution in [2.45, 2.75) is 69.6 Å². The summed E-state index contributed by atoms with van der Waals surface area (Å²) in [5.74, 6) is -1.39. The Bertz CT molecular complexity index is 1230. The number of hydrogen-bond donors (Lipinski definition) is 3. The zero-order chi connectivity index (χ0) is 28.9. The van der Waals surface area contributed by atoms with E-state index in [1.165, 1.54) is 12.1 Å². The van der Waals surface area contributed by atoms with E-state index in [0.29, 0.717) is 36.3 Å². The minimum absolute atomic E-state index is 0.0421. The quantitative estimate of drug-likeness (QED) is 0.322. The molecule has 4 unspecified atom stereocenters. The van der Waals surface area contributed by atoms with Crippen LogP contribution < -0.4 is 16.0 Å². The van der Waals surface area contributed by atoms with Gasteiger partial charge in [-0.25, -0.2) is 9.18 Å². The van der Waals surface area contributed by atoms with Crippen LogP contribution in [-0.4, -0.2) is 42.8 Å². The number of hydrogen-bond acceptors (Lipinski definition) is 5. The molecule has 0 radical (unpaired) electrons. The van der Waals surface area contributed by atoms with Crippen molar-refractivity contribution in [3.8, 4) is 0 Å². The van der Waals surface area contributed by atoms with Gasteiger partial charge in [0.05, 0.1) is 6.04 Å². The van der Waals surface area contributed by atoms with Crippen molar-refractivity contribution in [3.05, 3.63) is 70.5 Å². The lowest BCUT2D eigenvalue weighted by Gasteiger charge is -2.29. The van der Waals surface area contributed by atoms with Gasteiger partial charge in [0.2, 0.25) is 11.8 Å². The Kier molecular flexibility index (Phi) is 9.45. The van der Waals surface area contributed by atoms with E-state index in [0.717, 1.165) is 18.4 Å². The fraction of sp³-hybridized carbons (Fsp3) is 0.467. The second-order valence-corrected chi connectivity index (χ2v) is 11.5. The highest BCUT2D eigenvalue weighted by Crippen LogP contribution is 2.58. The Morgan fingerprint density at radius 1 is 1.18 bits per heavy atom. The van der Waals surface area contributed by atoms with Crippen LogP contribution in [0, 0.1) is 17.7 Å². The Morgan fingerprint density at radius 2 is 1.90 bits per heavy atom. The van der Waals surface area contributed by atoms with Crippen LogP contribution in [0.15, 0.2) is 48.5 Å². The predicted molar refractivity (Wildman–Crippen MR) is 148 cm³/mol. The highest BCUT2D eigenvalue weighted by atomic mass is 35.5. The van der Waals surface area contributed by atoms with Gasteiger partial charge in [-0.05, 0) is 73.4 Å². The first-order valence-corrected chi connectivity index (χ1v) is 14.0. The smallest absolute Gasteiger partial charge is 0.408 e. The number of halogens is 2. The second kappa shape index (κ2) is 12.8. The van der Waals surface area contributed by atoms with Gasteiger partial charge in [-0.15, -0.1) is 0 Å². The summed E-state index contributed by atoms with van der Waals surface area (Å²) in [6.45, 7) is 4.36.